The van der Waals surface area contributed by atoms with Crippen LogP contribution in [-0.2, 0) is 16.8 Å². The molecule has 4 nitrogen and oxygen atoms in total. The van der Waals surface area contributed by atoms with Crippen LogP contribution < -0.4 is 14.8 Å². The van der Waals surface area contributed by atoms with E-state index in [-0.39, 0.29) is 23.3 Å². The minimum absolute atomic E-state index is 0.154. The van der Waals surface area contributed by atoms with Crippen molar-refractivity contribution in [1.29, 1.82) is 0 Å². The Kier molecular flexibility index (Phi) is 7.06. The van der Waals surface area contributed by atoms with Crippen LogP contribution in [0.5, 0.6) is 11.5 Å². The zero-order valence-electron chi connectivity index (χ0n) is 19.7. The molecule has 3 saturated carbocycles. The van der Waals surface area contributed by atoms with Gasteiger partial charge in [0.05, 0.1) is 13.4 Å². The molecule has 0 spiro atoms. The van der Waals surface area contributed by atoms with Crippen LogP contribution in [0.15, 0.2) is 60.4 Å². The van der Waals surface area contributed by atoms with Crippen LogP contribution in [0.2, 0.25) is 0 Å². The maximum Gasteiger partial charge on any atom is 0.226 e. The molecule has 2 aromatic rings. The summed E-state index contributed by atoms with van der Waals surface area (Å²) in [7, 11) is 1.65. The van der Waals surface area contributed by atoms with Gasteiger partial charge in [-0.3, -0.25) is 4.79 Å². The van der Waals surface area contributed by atoms with Crippen molar-refractivity contribution in [2.75, 3.05) is 13.7 Å². The number of halogens is 1. The Hall–Kier alpha value is -2.82. The molecule has 0 atom stereocenters. The average Bonchev–Trinajstić information content (AvgIpc) is 2.89. The first-order valence-corrected chi connectivity index (χ1v) is 12.0. The molecule has 3 aliphatic carbocycles. The Morgan fingerprint density at radius 2 is 1.73 bits per heavy atom. The van der Waals surface area contributed by atoms with Gasteiger partial charge in [0, 0.05) is 12.0 Å². The minimum Gasteiger partial charge on any atom is -0.497 e. The van der Waals surface area contributed by atoms with Gasteiger partial charge in [0.1, 0.15) is 18.1 Å². The quantitative estimate of drug-likeness (QED) is 0.490. The van der Waals surface area contributed by atoms with Crippen molar-refractivity contribution in [3.05, 3.63) is 71.6 Å². The summed E-state index contributed by atoms with van der Waals surface area (Å²) in [6.45, 7) is 2.73. The van der Waals surface area contributed by atoms with Crippen LogP contribution in [0, 0.1) is 5.41 Å². The SMILES string of the molecule is CC/C(=C\F)COc1ccc(C23CCC(C(=O)NCc4cccc(OC)c4)(CC2)CC3)cc1. The van der Waals surface area contributed by atoms with Crippen LogP contribution in [0.1, 0.15) is 63.0 Å². The molecule has 33 heavy (non-hydrogen) atoms. The van der Waals surface area contributed by atoms with Gasteiger partial charge in [-0.25, -0.2) is 4.39 Å². The molecule has 0 aliphatic heterocycles. The van der Waals surface area contributed by atoms with Crippen LogP contribution in [0.25, 0.3) is 0 Å². The topological polar surface area (TPSA) is 47.6 Å². The molecule has 1 amide bonds. The fourth-order valence-corrected chi connectivity index (χ4v) is 5.40. The lowest BCUT2D eigenvalue weighted by Crippen LogP contribution is -2.51. The van der Waals surface area contributed by atoms with Crippen molar-refractivity contribution >= 4 is 5.91 Å². The molecule has 3 aliphatic rings. The maximum atomic E-state index is 13.2. The Morgan fingerprint density at radius 3 is 2.33 bits per heavy atom. The van der Waals surface area contributed by atoms with Crippen molar-refractivity contribution in [3.63, 3.8) is 0 Å². The number of hydrogen-bond acceptors (Lipinski definition) is 3. The van der Waals surface area contributed by atoms with Crippen molar-refractivity contribution in [1.82, 2.24) is 5.32 Å². The number of carbonyl (C=O) groups is 1. The molecule has 5 rings (SSSR count). The average molecular weight is 452 g/mol. The molecule has 2 bridgehead atoms. The number of benzene rings is 2. The van der Waals surface area contributed by atoms with E-state index in [1.54, 1.807) is 7.11 Å². The summed E-state index contributed by atoms with van der Waals surface area (Å²) in [5, 5.41) is 3.19. The first-order valence-electron chi connectivity index (χ1n) is 12.0. The molecule has 0 radical (unpaired) electrons. The van der Waals surface area contributed by atoms with Gasteiger partial charge >= 0.3 is 0 Å². The van der Waals surface area contributed by atoms with E-state index < -0.39 is 0 Å². The highest BCUT2D eigenvalue weighted by molar-refractivity contribution is 5.83. The van der Waals surface area contributed by atoms with Gasteiger partial charge in [0.2, 0.25) is 5.91 Å². The first-order chi connectivity index (χ1) is 16.0. The standard InChI is InChI=1S/C28H34FNO3/c1-3-21(18-29)20-33-24-9-7-23(8-10-24)27-11-14-28(15-12-27,16-13-27)26(31)30-19-22-5-4-6-25(17-22)32-2/h4-10,17-18H,3,11-16,19-20H2,1-2H3,(H,30,31)/b21-18+. The van der Waals surface area contributed by atoms with Gasteiger partial charge in [0.25, 0.3) is 0 Å². The summed E-state index contributed by atoms with van der Waals surface area (Å²) >= 11 is 0. The van der Waals surface area contributed by atoms with Crippen molar-refractivity contribution < 1.29 is 18.7 Å². The van der Waals surface area contributed by atoms with E-state index in [9.17, 15) is 9.18 Å². The van der Waals surface area contributed by atoms with E-state index in [1.165, 1.54) is 5.56 Å². The number of rotatable bonds is 9. The van der Waals surface area contributed by atoms with E-state index in [0.717, 1.165) is 55.6 Å². The Bertz CT molecular complexity index is 974. The molecule has 0 saturated heterocycles. The summed E-state index contributed by atoms with van der Waals surface area (Å²) in [6, 6.07) is 16.1. The summed E-state index contributed by atoms with van der Waals surface area (Å²) in [5.74, 6) is 1.76. The number of amides is 1. The van der Waals surface area contributed by atoms with Gasteiger partial charge in [-0.1, -0.05) is 31.2 Å². The molecule has 5 heteroatoms. The number of hydrogen-bond donors (Lipinski definition) is 1. The van der Waals surface area contributed by atoms with E-state index in [2.05, 4.69) is 17.4 Å². The number of methoxy groups -OCH3 is 1. The third-order valence-electron chi connectivity index (χ3n) is 7.81. The molecular weight excluding hydrogens is 417 g/mol. The highest BCUT2D eigenvalue weighted by Gasteiger charge is 2.52. The third-order valence-corrected chi connectivity index (χ3v) is 7.81. The van der Waals surface area contributed by atoms with E-state index in [4.69, 9.17) is 9.47 Å². The van der Waals surface area contributed by atoms with Crippen LogP contribution in [0.3, 0.4) is 0 Å². The Morgan fingerprint density at radius 1 is 1.03 bits per heavy atom. The van der Waals surface area contributed by atoms with Crippen molar-refractivity contribution in [3.8, 4) is 11.5 Å². The zero-order valence-corrected chi connectivity index (χ0v) is 19.7. The zero-order chi connectivity index (χ0) is 23.3. The predicted octanol–water partition coefficient (Wildman–Crippen LogP) is 6.25. The largest absolute Gasteiger partial charge is 0.497 e. The smallest absolute Gasteiger partial charge is 0.226 e. The normalized spacial score (nSPS) is 24.4. The Balaban J connectivity index is 1.34. The number of nitrogens with one attached hydrogen (secondary N) is 1. The van der Waals surface area contributed by atoms with Crippen LogP contribution >= 0.6 is 0 Å². The lowest BCUT2D eigenvalue weighted by molar-refractivity contribution is -0.138. The summed E-state index contributed by atoms with van der Waals surface area (Å²) < 4.78 is 23.8. The second-order valence-corrected chi connectivity index (χ2v) is 9.53. The fourth-order valence-electron chi connectivity index (χ4n) is 5.40. The second kappa shape index (κ2) is 9.98. The lowest BCUT2D eigenvalue weighted by atomic mass is 9.51. The monoisotopic (exact) mass is 451 g/mol. The third kappa shape index (κ3) is 4.92. The number of carbonyl (C=O) groups excluding carboxylic acids is 1. The lowest BCUT2D eigenvalue weighted by Gasteiger charge is -2.52. The summed E-state index contributed by atoms with van der Waals surface area (Å²) in [5.41, 5.74) is 2.95. The van der Waals surface area contributed by atoms with E-state index in [0.29, 0.717) is 24.9 Å². The first kappa shape index (κ1) is 23.3. The molecule has 1 N–H and O–H groups in total. The van der Waals surface area contributed by atoms with Gasteiger partial charge in [0.15, 0.2) is 0 Å². The highest BCUT2D eigenvalue weighted by Crippen LogP contribution is 2.58. The minimum atomic E-state index is -0.237. The molecule has 176 valence electrons. The Labute approximate surface area is 196 Å². The fraction of sp³-hybridized carbons (Fsp3) is 0.464. The number of ether oxygens (including phenoxy) is 2. The molecule has 2 aromatic carbocycles. The van der Waals surface area contributed by atoms with Crippen molar-refractivity contribution in [2.45, 2.75) is 63.8 Å². The highest BCUT2D eigenvalue weighted by atomic mass is 19.1. The maximum absolute atomic E-state index is 13.2. The van der Waals surface area contributed by atoms with Crippen LogP contribution in [0.4, 0.5) is 4.39 Å². The molecular formula is C28H34FNO3. The van der Waals surface area contributed by atoms with E-state index >= 15 is 0 Å². The van der Waals surface area contributed by atoms with Gasteiger partial charge < -0.3 is 14.8 Å². The predicted molar refractivity (Wildman–Crippen MR) is 128 cm³/mol. The summed E-state index contributed by atoms with van der Waals surface area (Å²) in [6.07, 6.45) is 7.16. The van der Waals surface area contributed by atoms with Crippen LogP contribution in [-0.4, -0.2) is 19.6 Å². The van der Waals surface area contributed by atoms with Crippen molar-refractivity contribution in [2.24, 2.45) is 5.41 Å². The molecule has 0 aromatic heterocycles. The van der Waals surface area contributed by atoms with Gasteiger partial charge in [-0.15, -0.1) is 0 Å². The second-order valence-electron chi connectivity index (χ2n) is 9.53. The number of fused-ring (bicyclic) bond motifs is 3. The van der Waals surface area contributed by atoms with Gasteiger partial charge in [-0.05, 0) is 91.3 Å². The van der Waals surface area contributed by atoms with Gasteiger partial charge in [-0.2, -0.15) is 0 Å². The summed E-state index contributed by atoms with van der Waals surface area (Å²) in [4.78, 5) is 13.2. The molecule has 3 fully saturated rings. The molecule has 0 heterocycles. The van der Waals surface area contributed by atoms with E-state index in [1.807, 2.05) is 43.3 Å². The molecule has 0 unspecified atom stereocenters.